The summed E-state index contributed by atoms with van der Waals surface area (Å²) in [5, 5.41) is 11.8. The highest BCUT2D eigenvalue weighted by Gasteiger charge is 2.32. The molecule has 0 saturated carbocycles. The van der Waals surface area contributed by atoms with Crippen LogP contribution in [0.5, 0.6) is 0 Å². The Kier molecular flexibility index (Phi) is 5.51. The summed E-state index contributed by atoms with van der Waals surface area (Å²) < 4.78 is 27.3. The van der Waals surface area contributed by atoms with Crippen molar-refractivity contribution in [2.45, 2.75) is 25.7 Å². The number of nitrogens with one attached hydrogen (secondary N) is 2. The Hall–Kier alpha value is -1.77. The van der Waals surface area contributed by atoms with E-state index in [4.69, 9.17) is 5.11 Å². The molecule has 1 saturated heterocycles. The molecule has 2 unspecified atom stereocenters. The molecule has 2 atom stereocenters. The zero-order valence-electron chi connectivity index (χ0n) is 13.9. The number of rotatable bonds is 6. The predicted octanol–water partition coefficient (Wildman–Crippen LogP) is 0.613. The van der Waals surface area contributed by atoms with Crippen LogP contribution in [0.4, 0.5) is 0 Å². The van der Waals surface area contributed by atoms with Gasteiger partial charge in [-0.2, -0.15) is 0 Å². The largest absolute Gasteiger partial charge is 0.396 e. The van der Waals surface area contributed by atoms with Crippen molar-refractivity contribution in [1.29, 1.82) is 0 Å². The number of hydrogen-bond donors (Lipinski definition) is 3. The molecule has 1 amide bonds. The lowest BCUT2D eigenvalue weighted by molar-refractivity contribution is -0.119. The van der Waals surface area contributed by atoms with Crippen LogP contribution in [-0.2, 0) is 14.8 Å². The zero-order valence-corrected chi connectivity index (χ0v) is 14.8. The Labute approximate surface area is 147 Å². The van der Waals surface area contributed by atoms with Gasteiger partial charge in [-0.1, -0.05) is 6.08 Å². The highest BCUT2D eigenvalue weighted by Crippen LogP contribution is 2.32. The molecule has 0 aromatic carbocycles. The second kappa shape index (κ2) is 7.63. The number of aliphatic hydroxyl groups excluding tert-OH is 1. The second-order valence-corrected chi connectivity index (χ2v) is 8.34. The average molecular weight is 365 g/mol. The molecule has 0 aromatic heterocycles. The van der Waals surface area contributed by atoms with Crippen LogP contribution in [0.3, 0.4) is 0 Å². The Morgan fingerprint density at radius 1 is 1.32 bits per heavy atom. The van der Waals surface area contributed by atoms with Gasteiger partial charge in [0.15, 0.2) is 0 Å². The molecule has 8 heteroatoms. The molecule has 2 aliphatic carbocycles. The quantitative estimate of drug-likeness (QED) is 0.600. The lowest BCUT2D eigenvalue weighted by Gasteiger charge is -2.18. The molecular weight excluding hydrogens is 342 g/mol. The van der Waals surface area contributed by atoms with E-state index in [-0.39, 0.29) is 30.9 Å². The molecule has 1 aliphatic heterocycles. The third-order valence-corrected chi connectivity index (χ3v) is 6.26. The third-order valence-electron chi connectivity index (χ3n) is 4.68. The van der Waals surface area contributed by atoms with Crippen LogP contribution in [0.1, 0.15) is 25.7 Å². The fraction of sp³-hybridized carbons (Fsp3) is 0.529. The Bertz CT molecular complexity index is 765. The van der Waals surface area contributed by atoms with Gasteiger partial charge in [0.05, 0.1) is 11.4 Å². The Balaban J connectivity index is 1.51. The summed E-state index contributed by atoms with van der Waals surface area (Å²) in [5.74, 6) is 0.0813. The fourth-order valence-electron chi connectivity index (χ4n) is 3.22. The molecule has 7 nitrogen and oxygen atoms in total. The van der Waals surface area contributed by atoms with Crippen LogP contribution in [0.2, 0.25) is 0 Å². The van der Waals surface area contributed by atoms with Crippen molar-refractivity contribution in [1.82, 2.24) is 10.0 Å². The second-order valence-electron chi connectivity index (χ2n) is 6.52. The van der Waals surface area contributed by atoms with Crippen molar-refractivity contribution in [3.63, 3.8) is 0 Å². The van der Waals surface area contributed by atoms with E-state index in [2.05, 4.69) is 15.0 Å². The summed E-state index contributed by atoms with van der Waals surface area (Å²) in [4.78, 5) is 16.1. The molecule has 0 aromatic rings. The number of amides is 1. The van der Waals surface area contributed by atoms with Crippen molar-refractivity contribution in [2.75, 3.05) is 19.7 Å². The SMILES string of the molecule is O=C1CC2CC(S(=O)(=O)NCCN=C3C=CC(CO)CC3)=CC=C2N1. The van der Waals surface area contributed by atoms with Crippen molar-refractivity contribution >= 4 is 21.6 Å². The molecule has 3 N–H and O–H groups in total. The van der Waals surface area contributed by atoms with E-state index in [0.717, 1.165) is 24.3 Å². The van der Waals surface area contributed by atoms with Gasteiger partial charge in [-0.05, 0) is 37.5 Å². The van der Waals surface area contributed by atoms with Crippen molar-refractivity contribution in [3.05, 3.63) is 34.9 Å². The van der Waals surface area contributed by atoms with Gasteiger partial charge < -0.3 is 10.4 Å². The summed E-state index contributed by atoms with van der Waals surface area (Å²) in [7, 11) is -3.55. The van der Waals surface area contributed by atoms with Crippen molar-refractivity contribution < 1.29 is 18.3 Å². The molecule has 1 heterocycles. The summed E-state index contributed by atoms with van der Waals surface area (Å²) in [6.45, 7) is 0.760. The van der Waals surface area contributed by atoms with Gasteiger partial charge in [0.2, 0.25) is 15.9 Å². The summed E-state index contributed by atoms with van der Waals surface area (Å²) >= 11 is 0. The highest BCUT2D eigenvalue weighted by atomic mass is 32.2. The number of carbonyl (C=O) groups excluding carboxylic acids is 1. The highest BCUT2D eigenvalue weighted by molar-refractivity contribution is 7.93. The summed E-state index contributed by atoms with van der Waals surface area (Å²) in [6.07, 6.45) is 9.44. The van der Waals surface area contributed by atoms with Crippen LogP contribution in [0.25, 0.3) is 0 Å². The van der Waals surface area contributed by atoms with E-state index in [1.54, 1.807) is 12.2 Å². The maximum absolute atomic E-state index is 12.4. The molecular formula is C17H23N3O4S. The average Bonchev–Trinajstić information content (AvgIpc) is 2.98. The van der Waals surface area contributed by atoms with Gasteiger partial charge in [-0.3, -0.25) is 9.79 Å². The first-order valence-electron chi connectivity index (χ1n) is 8.50. The minimum atomic E-state index is -3.55. The minimum absolute atomic E-state index is 0.0591. The van der Waals surface area contributed by atoms with E-state index in [0.29, 0.717) is 24.3 Å². The van der Waals surface area contributed by atoms with E-state index < -0.39 is 10.0 Å². The van der Waals surface area contributed by atoms with E-state index in [9.17, 15) is 13.2 Å². The molecule has 3 aliphatic rings. The number of nitrogens with zero attached hydrogens (tertiary/aromatic N) is 1. The summed E-state index contributed by atoms with van der Waals surface area (Å²) in [5.41, 5.74) is 1.74. The van der Waals surface area contributed by atoms with Crippen molar-refractivity contribution in [2.24, 2.45) is 16.8 Å². The topological polar surface area (TPSA) is 108 Å². The lowest BCUT2D eigenvalue weighted by Crippen LogP contribution is -2.29. The number of aliphatic imine (C=N–C) groups is 1. The van der Waals surface area contributed by atoms with Crippen LogP contribution in [0.15, 0.2) is 39.9 Å². The zero-order chi connectivity index (χ0) is 17.9. The van der Waals surface area contributed by atoms with Gasteiger partial charge in [0, 0.05) is 42.8 Å². The Morgan fingerprint density at radius 2 is 2.16 bits per heavy atom. The maximum atomic E-state index is 12.4. The molecule has 3 rings (SSSR count). The number of carbonyl (C=O) groups is 1. The van der Waals surface area contributed by atoms with Crippen LogP contribution in [-0.4, -0.2) is 44.8 Å². The van der Waals surface area contributed by atoms with Crippen LogP contribution < -0.4 is 10.0 Å². The molecule has 1 fully saturated rings. The van der Waals surface area contributed by atoms with Gasteiger partial charge in [-0.25, -0.2) is 13.1 Å². The fourth-order valence-corrected chi connectivity index (χ4v) is 4.43. The first-order chi connectivity index (χ1) is 12.0. The lowest BCUT2D eigenvalue weighted by atomic mass is 9.95. The van der Waals surface area contributed by atoms with Crippen LogP contribution >= 0.6 is 0 Å². The number of allylic oxidation sites excluding steroid dienone is 5. The van der Waals surface area contributed by atoms with E-state index in [1.165, 1.54) is 0 Å². The molecule has 0 spiro atoms. The van der Waals surface area contributed by atoms with Gasteiger partial charge >= 0.3 is 0 Å². The smallest absolute Gasteiger partial charge is 0.236 e. The van der Waals surface area contributed by atoms with Gasteiger partial charge in [0.1, 0.15) is 0 Å². The molecule has 136 valence electrons. The number of aliphatic hydroxyl groups is 1. The molecule has 0 bridgehead atoms. The monoisotopic (exact) mass is 365 g/mol. The van der Waals surface area contributed by atoms with Crippen LogP contribution in [0, 0.1) is 11.8 Å². The van der Waals surface area contributed by atoms with E-state index >= 15 is 0 Å². The van der Waals surface area contributed by atoms with Crippen molar-refractivity contribution in [3.8, 4) is 0 Å². The Morgan fingerprint density at radius 3 is 2.88 bits per heavy atom. The first-order valence-corrected chi connectivity index (χ1v) is 9.99. The van der Waals surface area contributed by atoms with Gasteiger partial charge in [0.25, 0.3) is 0 Å². The third kappa shape index (κ3) is 4.45. The summed E-state index contributed by atoms with van der Waals surface area (Å²) in [6, 6.07) is 0. The minimum Gasteiger partial charge on any atom is -0.396 e. The standard InChI is InChI=1S/C17H23N3O4S/c21-11-12-1-3-14(4-2-12)18-7-8-19-25(23,24)15-5-6-16-13(9-15)10-17(22)20-16/h1,3,5-6,12-13,19,21H,2,4,7-11H2,(H,20,22). The number of sulfonamides is 1. The maximum Gasteiger partial charge on any atom is 0.236 e. The number of hydrogen-bond acceptors (Lipinski definition) is 5. The normalized spacial score (nSPS) is 27.7. The predicted molar refractivity (Wildman–Crippen MR) is 95.2 cm³/mol. The molecule has 0 radical (unpaired) electrons. The number of fused-ring (bicyclic) bond motifs is 1. The molecule has 25 heavy (non-hydrogen) atoms. The van der Waals surface area contributed by atoms with Gasteiger partial charge in [-0.15, -0.1) is 0 Å². The van der Waals surface area contributed by atoms with E-state index in [1.807, 2.05) is 12.2 Å². The first kappa shape index (κ1) is 18.0.